The predicted octanol–water partition coefficient (Wildman–Crippen LogP) is 1.85. The van der Waals surface area contributed by atoms with E-state index in [0.717, 1.165) is 6.07 Å². The maximum absolute atomic E-state index is 12.7. The van der Waals surface area contributed by atoms with Gasteiger partial charge in [0.25, 0.3) is 11.5 Å². The molecule has 1 aromatic heterocycles. The molecule has 13 heavy (non-hydrogen) atoms. The summed E-state index contributed by atoms with van der Waals surface area (Å²) in [4.78, 5) is 12.6. The van der Waals surface area contributed by atoms with Crippen LogP contribution in [0.4, 0.5) is 8.78 Å². The summed E-state index contributed by atoms with van der Waals surface area (Å²) in [6.07, 6.45) is 0. The van der Waals surface area contributed by atoms with Crippen molar-refractivity contribution in [2.45, 2.75) is 12.8 Å². The Labute approximate surface area is 77.0 Å². The smallest absolute Gasteiger partial charge is 0.286 e. The molecule has 0 unspecified atom stereocenters. The number of rotatable bonds is 1. The molecule has 0 radical (unpaired) electrons. The molecule has 0 spiro atoms. The van der Waals surface area contributed by atoms with Gasteiger partial charge >= 0.3 is 0 Å². The molecule has 0 aliphatic carbocycles. The summed E-state index contributed by atoms with van der Waals surface area (Å²) in [7, 11) is 0. The summed E-state index contributed by atoms with van der Waals surface area (Å²) in [5, 5.41) is 8.42. The van der Waals surface area contributed by atoms with E-state index in [1.165, 1.54) is 0 Å². The quantitative estimate of drug-likeness (QED) is 0.742. The number of pyridine rings is 1. The standard InChI is InChI=1S/C7H6ClF2NO2/c1-7(9,10)6-5(8)3(12)2-4(13)11-6/h2H,1H3,(H2,11,12,13). The van der Waals surface area contributed by atoms with Gasteiger partial charge in [0.1, 0.15) is 16.5 Å². The highest BCUT2D eigenvalue weighted by molar-refractivity contribution is 6.32. The molecular formula is C7H6ClF2NO2. The highest BCUT2D eigenvalue weighted by Gasteiger charge is 2.30. The Hall–Kier alpha value is -1.10. The third kappa shape index (κ3) is 1.98. The van der Waals surface area contributed by atoms with E-state index in [2.05, 4.69) is 0 Å². The second-order valence-electron chi connectivity index (χ2n) is 2.60. The van der Waals surface area contributed by atoms with Crippen LogP contribution in [0.1, 0.15) is 12.6 Å². The van der Waals surface area contributed by atoms with Crippen molar-refractivity contribution in [3.8, 4) is 5.75 Å². The Balaban J connectivity index is 3.46. The molecule has 0 saturated heterocycles. The average molecular weight is 210 g/mol. The highest BCUT2D eigenvalue weighted by atomic mass is 35.5. The fourth-order valence-electron chi connectivity index (χ4n) is 0.832. The van der Waals surface area contributed by atoms with E-state index < -0.39 is 27.9 Å². The van der Waals surface area contributed by atoms with Gasteiger partial charge in [0.2, 0.25) is 0 Å². The third-order valence-corrected chi connectivity index (χ3v) is 1.78. The van der Waals surface area contributed by atoms with Gasteiger partial charge in [0, 0.05) is 13.0 Å². The van der Waals surface area contributed by atoms with E-state index in [1.807, 2.05) is 4.98 Å². The van der Waals surface area contributed by atoms with Crippen LogP contribution in [0.2, 0.25) is 5.02 Å². The van der Waals surface area contributed by atoms with Gasteiger partial charge < -0.3 is 10.1 Å². The number of alkyl halides is 2. The van der Waals surface area contributed by atoms with E-state index in [4.69, 9.17) is 16.7 Å². The number of aromatic amines is 1. The van der Waals surface area contributed by atoms with Crippen molar-refractivity contribution in [3.05, 3.63) is 27.1 Å². The normalized spacial score (nSPS) is 11.7. The number of hydrogen-bond donors (Lipinski definition) is 2. The van der Waals surface area contributed by atoms with E-state index in [9.17, 15) is 13.6 Å². The maximum atomic E-state index is 12.7. The first-order valence-corrected chi connectivity index (χ1v) is 3.70. The molecule has 2 N–H and O–H groups in total. The summed E-state index contributed by atoms with van der Waals surface area (Å²) in [6.45, 7) is 0.573. The van der Waals surface area contributed by atoms with Gasteiger partial charge in [0.15, 0.2) is 0 Å². The minimum absolute atomic E-state index is 0.535. The van der Waals surface area contributed by atoms with Crippen LogP contribution in [0.25, 0.3) is 0 Å². The van der Waals surface area contributed by atoms with Crippen LogP contribution in [0, 0.1) is 0 Å². The summed E-state index contributed by atoms with van der Waals surface area (Å²) >= 11 is 5.35. The van der Waals surface area contributed by atoms with Crippen molar-refractivity contribution >= 4 is 11.6 Å². The van der Waals surface area contributed by atoms with Crippen LogP contribution in [0.5, 0.6) is 5.75 Å². The Morgan fingerprint density at radius 2 is 2.15 bits per heavy atom. The van der Waals surface area contributed by atoms with Crippen LogP contribution >= 0.6 is 11.6 Å². The maximum Gasteiger partial charge on any atom is 0.286 e. The van der Waals surface area contributed by atoms with E-state index in [1.54, 1.807) is 0 Å². The first-order valence-electron chi connectivity index (χ1n) is 3.32. The zero-order valence-corrected chi connectivity index (χ0v) is 7.32. The van der Waals surface area contributed by atoms with Crippen molar-refractivity contribution < 1.29 is 13.9 Å². The molecule has 0 saturated carbocycles. The molecular weight excluding hydrogens is 204 g/mol. The van der Waals surface area contributed by atoms with Crippen LogP contribution in [0.3, 0.4) is 0 Å². The van der Waals surface area contributed by atoms with Gasteiger partial charge in [-0.25, -0.2) is 0 Å². The van der Waals surface area contributed by atoms with Crippen LogP contribution in [0.15, 0.2) is 10.9 Å². The van der Waals surface area contributed by atoms with Gasteiger partial charge in [-0.2, -0.15) is 8.78 Å². The number of hydrogen-bond acceptors (Lipinski definition) is 2. The molecule has 0 atom stereocenters. The molecule has 0 amide bonds. The molecule has 3 nitrogen and oxygen atoms in total. The molecule has 0 aromatic carbocycles. The lowest BCUT2D eigenvalue weighted by atomic mass is 10.2. The Kier molecular flexibility index (Phi) is 2.30. The number of aromatic hydroxyl groups is 1. The largest absolute Gasteiger partial charge is 0.506 e. The van der Waals surface area contributed by atoms with E-state index in [0.29, 0.717) is 6.92 Å². The average Bonchev–Trinajstić information content (AvgIpc) is 1.94. The molecule has 6 heteroatoms. The Bertz CT molecular complexity index is 383. The zero-order valence-electron chi connectivity index (χ0n) is 6.57. The first kappa shape index (κ1) is 9.98. The van der Waals surface area contributed by atoms with E-state index >= 15 is 0 Å². The van der Waals surface area contributed by atoms with Crippen molar-refractivity contribution in [3.63, 3.8) is 0 Å². The van der Waals surface area contributed by atoms with Gasteiger partial charge in [0.05, 0.1) is 0 Å². The zero-order chi connectivity index (χ0) is 10.2. The van der Waals surface area contributed by atoms with Gasteiger partial charge in [-0.1, -0.05) is 11.6 Å². The second-order valence-corrected chi connectivity index (χ2v) is 2.97. The van der Waals surface area contributed by atoms with Gasteiger partial charge in [-0.15, -0.1) is 0 Å². The number of nitrogens with one attached hydrogen (secondary N) is 1. The summed E-state index contributed by atoms with van der Waals surface area (Å²) in [6, 6.07) is 0.734. The molecule has 0 fully saturated rings. The fraction of sp³-hybridized carbons (Fsp3) is 0.286. The van der Waals surface area contributed by atoms with Gasteiger partial charge in [-0.3, -0.25) is 4.79 Å². The van der Waals surface area contributed by atoms with Crippen molar-refractivity contribution in [1.82, 2.24) is 4.98 Å². The number of aromatic nitrogens is 1. The molecule has 0 bridgehead atoms. The first-order chi connectivity index (χ1) is 5.82. The lowest BCUT2D eigenvalue weighted by molar-refractivity contribution is 0.0124. The van der Waals surface area contributed by atoms with Crippen molar-refractivity contribution in [1.29, 1.82) is 0 Å². The third-order valence-electron chi connectivity index (χ3n) is 1.40. The molecule has 72 valence electrons. The van der Waals surface area contributed by atoms with Crippen molar-refractivity contribution in [2.24, 2.45) is 0 Å². The fourth-order valence-corrected chi connectivity index (χ4v) is 1.10. The molecule has 1 aromatic rings. The molecule has 1 rings (SSSR count). The van der Waals surface area contributed by atoms with Crippen LogP contribution < -0.4 is 5.56 Å². The minimum Gasteiger partial charge on any atom is -0.506 e. The molecule has 0 aliphatic heterocycles. The van der Waals surface area contributed by atoms with Crippen LogP contribution in [-0.2, 0) is 5.92 Å². The number of halogens is 3. The SMILES string of the molecule is CC(F)(F)c1[nH]c(=O)cc(O)c1Cl. The minimum atomic E-state index is -3.28. The lowest BCUT2D eigenvalue weighted by Crippen LogP contribution is -2.17. The second kappa shape index (κ2) is 2.99. The monoisotopic (exact) mass is 209 g/mol. The number of H-pyrrole nitrogens is 1. The van der Waals surface area contributed by atoms with Gasteiger partial charge in [-0.05, 0) is 0 Å². The van der Waals surface area contributed by atoms with Crippen LogP contribution in [-0.4, -0.2) is 10.1 Å². The Morgan fingerprint density at radius 1 is 1.62 bits per heavy atom. The topological polar surface area (TPSA) is 53.1 Å². The lowest BCUT2D eigenvalue weighted by Gasteiger charge is -2.11. The van der Waals surface area contributed by atoms with Crippen molar-refractivity contribution in [2.75, 3.05) is 0 Å². The van der Waals surface area contributed by atoms with E-state index in [-0.39, 0.29) is 0 Å². The Morgan fingerprint density at radius 3 is 2.62 bits per heavy atom. The molecule has 1 heterocycles. The molecule has 0 aliphatic rings. The highest BCUT2D eigenvalue weighted by Crippen LogP contribution is 2.34. The summed E-state index contributed by atoms with van der Waals surface area (Å²) in [5.74, 6) is -3.93. The predicted molar refractivity (Wildman–Crippen MR) is 43.3 cm³/mol. The summed E-state index contributed by atoms with van der Waals surface area (Å²) in [5.41, 5.74) is -1.60. The summed E-state index contributed by atoms with van der Waals surface area (Å²) < 4.78 is 25.4.